The van der Waals surface area contributed by atoms with E-state index in [0.717, 1.165) is 0 Å². The van der Waals surface area contributed by atoms with Crippen LogP contribution < -0.4 is 5.32 Å². The zero-order chi connectivity index (χ0) is 37.6. The second kappa shape index (κ2) is 18.3. The van der Waals surface area contributed by atoms with Gasteiger partial charge in [-0.05, 0) is 86.0 Å². The van der Waals surface area contributed by atoms with Gasteiger partial charge in [-0.25, -0.2) is 4.79 Å². The van der Waals surface area contributed by atoms with E-state index in [1.807, 2.05) is 39.5 Å². The maximum Gasteiger partial charge on any atom is 0.317 e. The van der Waals surface area contributed by atoms with Gasteiger partial charge < -0.3 is 50.0 Å². The van der Waals surface area contributed by atoms with Gasteiger partial charge in [0.2, 0.25) is 0 Å². The molecule has 0 spiro atoms. The number of esters is 1. The molecule has 2 rings (SSSR count). The third-order valence-corrected chi connectivity index (χ3v) is 10.6. The van der Waals surface area contributed by atoms with E-state index in [9.17, 15) is 35.1 Å². The Balaban J connectivity index is 2.52. The minimum Gasteiger partial charge on any atom is -0.459 e. The molecule has 288 valence electrons. The summed E-state index contributed by atoms with van der Waals surface area (Å²) in [5, 5.41) is 61.0. The van der Waals surface area contributed by atoms with Crippen molar-refractivity contribution >= 4 is 12.0 Å². The predicted octanol–water partition coefficient (Wildman–Crippen LogP) is 2.49. The van der Waals surface area contributed by atoms with Gasteiger partial charge in [0.25, 0.3) is 0 Å². The van der Waals surface area contributed by atoms with Gasteiger partial charge in [-0.2, -0.15) is 0 Å². The van der Waals surface area contributed by atoms with E-state index in [-0.39, 0.29) is 42.9 Å². The largest absolute Gasteiger partial charge is 0.459 e. The molecule has 2 heterocycles. The first-order chi connectivity index (χ1) is 22.5. The predicted molar refractivity (Wildman–Crippen MR) is 186 cm³/mol. The highest BCUT2D eigenvalue weighted by Crippen LogP contribution is 2.37. The maximum atomic E-state index is 13.5. The van der Waals surface area contributed by atoms with Crippen molar-refractivity contribution in [2.24, 2.45) is 23.7 Å². The summed E-state index contributed by atoms with van der Waals surface area (Å²) in [5.41, 5.74) is -3.40. The molecule has 0 aromatic heterocycles. The van der Waals surface area contributed by atoms with Crippen molar-refractivity contribution in [3.8, 4) is 0 Å². The Labute approximate surface area is 294 Å². The quantitative estimate of drug-likeness (QED) is 0.205. The first-order valence-corrected chi connectivity index (χ1v) is 18.3. The lowest BCUT2D eigenvalue weighted by Crippen LogP contribution is -2.59. The number of urea groups is 1. The van der Waals surface area contributed by atoms with E-state index in [1.54, 1.807) is 39.6 Å². The molecule has 2 saturated heterocycles. The zero-order valence-corrected chi connectivity index (χ0v) is 32.1. The van der Waals surface area contributed by atoms with Crippen molar-refractivity contribution in [1.29, 1.82) is 0 Å². The standard InChI is InChI=1S/C36H69N3O10/c1-13-27-36(11,46)30(42)26(9)39(16-14-15-38(12)34(44)37-20(2)3)19-21(4)18-35(10,45)31(24(7)29(41)25(8)32(43)48-27)49-33-28(40)22(5)17-23(6)47-33/h20-31,33,40-42,45-46H,13-19H2,1-12H3,(H,37,44)/t21-,22-,23+,24+,25-,26-,27-,28+,29+,30-,31-,33-,35-,36-/m1/s1. The lowest BCUT2D eigenvalue weighted by molar-refractivity contribution is -0.298. The number of nitrogens with one attached hydrogen (secondary N) is 1. The molecule has 0 aromatic carbocycles. The minimum atomic E-state index is -1.84. The summed E-state index contributed by atoms with van der Waals surface area (Å²) < 4.78 is 18.2. The van der Waals surface area contributed by atoms with Gasteiger partial charge in [0.05, 0.1) is 29.8 Å². The number of cyclic esters (lactones) is 1. The normalized spacial score (nSPS) is 42.2. The van der Waals surface area contributed by atoms with Crippen LogP contribution in [0.1, 0.15) is 102 Å². The summed E-state index contributed by atoms with van der Waals surface area (Å²) in [6.45, 7) is 20.7. The number of ether oxygens (including phenoxy) is 3. The molecule has 0 aliphatic carbocycles. The highest BCUT2D eigenvalue weighted by atomic mass is 16.7. The number of aliphatic hydroxyl groups excluding tert-OH is 3. The van der Waals surface area contributed by atoms with Crippen LogP contribution in [0.2, 0.25) is 0 Å². The molecule has 2 amide bonds. The molecule has 6 N–H and O–H groups in total. The summed E-state index contributed by atoms with van der Waals surface area (Å²) in [6, 6.07) is -0.807. The monoisotopic (exact) mass is 703 g/mol. The van der Waals surface area contributed by atoms with Gasteiger partial charge in [-0.15, -0.1) is 0 Å². The molecule has 0 aromatic rings. The molecular weight excluding hydrogens is 634 g/mol. The number of carbonyl (C=O) groups excluding carboxylic acids is 2. The Morgan fingerprint density at radius 1 is 1.08 bits per heavy atom. The summed E-state index contributed by atoms with van der Waals surface area (Å²) in [7, 11) is 1.72. The number of rotatable bonds is 8. The summed E-state index contributed by atoms with van der Waals surface area (Å²) >= 11 is 0. The van der Waals surface area contributed by atoms with E-state index in [4.69, 9.17) is 14.2 Å². The highest BCUT2D eigenvalue weighted by Gasteiger charge is 2.49. The van der Waals surface area contributed by atoms with Crippen LogP contribution in [0.3, 0.4) is 0 Å². The lowest BCUT2D eigenvalue weighted by Gasteiger charge is -2.45. The highest BCUT2D eigenvalue weighted by molar-refractivity contribution is 5.74. The second-order valence-electron chi connectivity index (χ2n) is 16.0. The molecule has 14 atom stereocenters. The average Bonchev–Trinajstić information content (AvgIpc) is 3.00. The minimum absolute atomic E-state index is 0.00601. The van der Waals surface area contributed by atoms with Gasteiger partial charge in [-0.3, -0.25) is 9.69 Å². The van der Waals surface area contributed by atoms with Crippen molar-refractivity contribution in [2.45, 2.75) is 168 Å². The molecule has 2 aliphatic heterocycles. The second-order valence-corrected chi connectivity index (χ2v) is 16.0. The van der Waals surface area contributed by atoms with E-state index in [2.05, 4.69) is 5.32 Å². The van der Waals surface area contributed by atoms with Gasteiger partial charge >= 0.3 is 12.0 Å². The summed E-state index contributed by atoms with van der Waals surface area (Å²) in [4.78, 5) is 29.6. The number of carbonyl (C=O) groups is 2. The third-order valence-electron chi connectivity index (χ3n) is 10.6. The molecule has 13 heteroatoms. The molecule has 0 radical (unpaired) electrons. The molecule has 2 fully saturated rings. The number of hydrogen-bond donors (Lipinski definition) is 6. The van der Waals surface area contributed by atoms with Crippen LogP contribution in [0.25, 0.3) is 0 Å². The molecule has 2 aliphatic rings. The molecule has 0 saturated carbocycles. The van der Waals surface area contributed by atoms with Crippen molar-refractivity contribution in [2.75, 3.05) is 26.7 Å². The fourth-order valence-electron chi connectivity index (χ4n) is 7.62. The number of hydrogen-bond acceptors (Lipinski definition) is 11. The molecule has 0 unspecified atom stereocenters. The fourth-order valence-corrected chi connectivity index (χ4v) is 7.62. The maximum absolute atomic E-state index is 13.5. The fraction of sp³-hybridized carbons (Fsp3) is 0.944. The van der Waals surface area contributed by atoms with Gasteiger partial charge in [-0.1, -0.05) is 27.7 Å². The van der Waals surface area contributed by atoms with E-state index < -0.39 is 71.9 Å². The Bertz CT molecular complexity index is 1040. The van der Waals surface area contributed by atoms with Crippen molar-refractivity contribution in [3.63, 3.8) is 0 Å². The Hall–Kier alpha value is -1.58. The van der Waals surface area contributed by atoms with Crippen LogP contribution in [-0.4, -0.2) is 140 Å². The average molecular weight is 704 g/mol. The SMILES string of the molecule is CC[C@H]1OC(=O)[C@H](C)[C@@H](O)[C@H](C)[C@@H](O[C@H]2O[C@@H](C)C[C@@H](C)[C@@H]2O)[C@](C)(O)C[C@@H](C)CN(CCCN(C)C(=O)NC(C)C)[C@H](C)[C@@H](O)[C@]1(C)O. The van der Waals surface area contributed by atoms with E-state index in [1.165, 1.54) is 13.8 Å². The van der Waals surface area contributed by atoms with Crippen LogP contribution >= 0.6 is 0 Å². The number of aliphatic hydroxyl groups is 5. The first kappa shape index (κ1) is 43.6. The Morgan fingerprint density at radius 2 is 1.69 bits per heavy atom. The third kappa shape index (κ3) is 11.5. The zero-order valence-electron chi connectivity index (χ0n) is 32.1. The van der Waals surface area contributed by atoms with Crippen molar-refractivity contribution < 1.29 is 49.3 Å². The molecule has 49 heavy (non-hydrogen) atoms. The van der Waals surface area contributed by atoms with Crippen molar-refractivity contribution in [3.05, 3.63) is 0 Å². The van der Waals surface area contributed by atoms with Crippen LogP contribution in [0.4, 0.5) is 4.79 Å². The summed E-state index contributed by atoms with van der Waals surface area (Å²) in [6.07, 6.45) is -5.40. The van der Waals surface area contributed by atoms with Crippen LogP contribution in [0.15, 0.2) is 0 Å². The topological polar surface area (TPSA) is 181 Å². The Kier molecular flexibility index (Phi) is 16.2. The number of nitrogens with zero attached hydrogens (tertiary/aromatic N) is 2. The Morgan fingerprint density at radius 3 is 2.27 bits per heavy atom. The van der Waals surface area contributed by atoms with Gasteiger partial charge in [0, 0.05) is 44.7 Å². The smallest absolute Gasteiger partial charge is 0.317 e. The van der Waals surface area contributed by atoms with E-state index in [0.29, 0.717) is 32.5 Å². The van der Waals surface area contributed by atoms with Crippen molar-refractivity contribution in [1.82, 2.24) is 15.1 Å². The first-order valence-electron chi connectivity index (χ1n) is 18.3. The van der Waals surface area contributed by atoms with Crippen LogP contribution in [0.5, 0.6) is 0 Å². The summed E-state index contributed by atoms with van der Waals surface area (Å²) in [5.74, 6) is -2.96. The van der Waals surface area contributed by atoms with Crippen LogP contribution in [-0.2, 0) is 19.0 Å². The molecular formula is C36H69N3O10. The van der Waals surface area contributed by atoms with Gasteiger partial charge in [0.1, 0.15) is 23.9 Å². The lowest BCUT2D eigenvalue weighted by atomic mass is 9.78. The molecule has 0 bridgehead atoms. The van der Waals surface area contributed by atoms with Crippen LogP contribution in [0, 0.1) is 23.7 Å². The van der Waals surface area contributed by atoms with E-state index >= 15 is 0 Å². The molecule has 13 nitrogen and oxygen atoms in total. The number of amides is 2. The van der Waals surface area contributed by atoms with Gasteiger partial charge in [0.15, 0.2) is 6.29 Å².